The van der Waals surface area contributed by atoms with Crippen molar-refractivity contribution in [2.24, 2.45) is 0 Å². The summed E-state index contributed by atoms with van der Waals surface area (Å²) in [7, 11) is 0. The van der Waals surface area contributed by atoms with E-state index in [1.807, 2.05) is 55.5 Å². The summed E-state index contributed by atoms with van der Waals surface area (Å²) in [5, 5.41) is 22.7. The Kier molecular flexibility index (Phi) is 5.51. The first-order valence-electron chi connectivity index (χ1n) is 7.28. The van der Waals surface area contributed by atoms with Crippen molar-refractivity contribution in [2.75, 3.05) is 6.54 Å². The standard InChI is InChI=1S/C18H23NO2/c1-13-6-8-16(9-7-13)18(21)11-19-14(2)17-5-3-4-15(10-17)12-20/h3-10,14,18-21H,11-12H2,1-2H3/t14-,18-/m1/s1. The van der Waals surface area contributed by atoms with Gasteiger partial charge in [0.1, 0.15) is 0 Å². The van der Waals surface area contributed by atoms with Gasteiger partial charge in [0.05, 0.1) is 12.7 Å². The SMILES string of the molecule is Cc1ccc([C@H](O)CN[C@H](C)c2cccc(CO)c2)cc1. The van der Waals surface area contributed by atoms with Gasteiger partial charge in [0, 0.05) is 12.6 Å². The number of aliphatic hydroxyl groups is 2. The minimum Gasteiger partial charge on any atom is -0.392 e. The Balaban J connectivity index is 1.93. The second-order valence-corrected chi connectivity index (χ2v) is 5.46. The molecule has 0 bridgehead atoms. The molecule has 21 heavy (non-hydrogen) atoms. The average molecular weight is 285 g/mol. The molecule has 0 saturated carbocycles. The van der Waals surface area contributed by atoms with E-state index >= 15 is 0 Å². The smallest absolute Gasteiger partial charge is 0.0914 e. The Morgan fingerprint density at radius 1 is 1.05 bits per heavy atom. The summed E-state index contributed by atoms with van der Waals surface area (Å²) < 4.78 is 0. The van der Waals surface area contributed by atoms with Gasteiger partial charge in [-0.3, -0.25) is 0 Å². The zero-order chi connectivity index (χ0) is 15.2. The second-order valence-electron chi connectivity index (χ2n) is 5.46. The number of nitrogens with one attached hydrogen (secondary N) is 1. The molecule has 0 fully saturated rings. The number of hydrogen-bond donors (Lipinski definition) is 3. The van der Waals surface area contributed by atoms with Crippen molar-refractivity contribution in [1.82, 2.24) is 5.32 Å². The van der Waals surface area contributed by atoms with Gasteiger partial charge in [-0.25, -0.2) is 0 Å². The van der Waals surface area contributed by atoms with Crippen LogP contribution in [0.5, 0.6) is 0 Å². The second kappa shape index (κ2) is 7.36. The Labute approximate surface area is 126 Å². The van der Waals surface area contributed by atoms with Crippen LogP contribution in [0, 0.1) is 6.92 Å². The highest BCUT2D eigenvalue weighted by Gasteiger charge is 2.10. The van der Waals surface area contributed by atoms with Gasteiger partial charge in [-0.1, -0.05) is 54.1 Å². The van der Waals surface area contributed by atoms with E-state index in [4.69, 9.17) is 0 Å². The molecule has 2 rings (SSSR count). The van der Waals surface area contributed by atoms with Gasteiger partial charge < -0.3 is 15.5 Å². The van der Waals surface area contributed by atoms with Gasteiger partial charge in [0.15, 0.2) is 0 Å². The largest absolute Gasteiger partial charge is 0.392 e. The molecule has 2 aromatic carbocycles. The molecular formula is C18H23NO2. The molecular weight excluding hydrogens is 262 g/mol. The first-order valence-corrected chi connectivity index (χ1v) is 7.28. The van der Waals surface area contributed by atoms with E-state index < -0.39 is 6.10 Å². The Hall–Kier alpha value is -1.68. The maximum absolute atomic E-state index is 10.2. The average Bonchev–Trinajstić information content (AvgIpc) is 2.53. The molecule has 0 unspecified atom stereocenters. The molecule has 0 aliphatic carbocycles. The summed E-state index contributed by atoms with van der Waals surface area (Å²) >= 11 is 0. The molecule has 112 valence electrons. The molecule has 0 aromatic heterocycles. The van der Waals surface area contributed by atoms with Crippen LogP contribution in [0.1, 0.15) is 41.3 Å². The van der Waals surface area contributed by atoms with Gasteiger partial charge in [0.25, 0.3) is 0 Å². The quantitative estimate of drug-likeness (QED) is 0.765. The lowest BCUT2D eigenvalue weighted by Crippen LogP contribution is -2.24. The normalized spacial score (nSPS) is 13.9. The molecule has 0 amide bonds. The number of rotatable bonds is 6. The zero-order valence-corrected chi connectivity index (χ0v) is 12.6. The maximum Gasteiger partial charge on any atom is 0.0914 e. The van der Waals surface area contributed by atoms with E-state index in [1.165, 1.54) is 5.56 Å². The van der Waals surface area contributed by atoms with Crippen LogP contribution in [0.4, 0.5) is 0 Å². The van der Waals surface area contributed by atoms with Crippen LogP contribution in [0.3, 0.4) is 0 Å². The number of aliphatic hydroxyl groups excluding tert-OH is 2. The van der Waals surface area contributed by atoms with Crippen molar-refractivity contribution in [2.45, 2.75) is 32.6 Å². The fourth-order valence-corrected chi connectivity index (χ4v) is 2.27. The van der Waals surface area contributed by atoms with Crippen LogP contribution >= 0.6 is 0 Å². The van der Waals surface area contributed by atoms with Gasteiger partial charge in [0.2, 0.25) is 0 Å². The lowest BCUT2D eigenvalue weighted by Gasteiger charge is -2.18. The highest BCUT2D eigenvalue weighted by atomic mass is 16.3. The summed E-state index contributed by atoms with van der Waals surface area (Å²) in [5.41, 5.74) is 4.12. The lowest BCUT2D eigenvalue weighted by atomic mass is 10.0. The molecule has 2 aromatic rings. The van der Waals surface area contributed by atoms with Crippen LogP contribution in [-0.2, 0) is 6.61 Å². The van der Waals surface area contributed by atoms with Crippen molar-refractivity contribution >= 4 is 0 Å². The molecule has 2 atom stereocenters. The summed E-state index contributed by atoms with van der Waals surface area (Å²) in [4.78, 5) is 0. The fraction of sp³-hybridized carbons (Fsp3) is 0.333. The van der Waals surface area contributed by atoms with Crippen LogP contribution in [0.15, 0.2) is 48.5 Å². The Morgan fingerprint density at radius 3 is 2.43 bits per heavy atom. The predicted octanol–water partition coefficient (Wildman–Crippen LogP) is 2.87. The highest BCUT2D eigenvalue weighted by molar-refractivity contribution is 5.26. The van der Waals surface area contributed by atoms with Crippen molar-refractivity contribution in [1.29, 1.82) is 0 Å². The third kappa shape index (κ3) is 4.39. The van der Waals surface area contributed by atoms with E-state index in [1.54, 1.807) is 0 Å². The van der Waals surface area contributed by atoms with Gasteiger partial charge in [-0.15, -0.1) is 0 Å². The van der Waals surface area contributed by atoms with Gasteiger partial charge in [-0.2, -0.15) is 0 Å². The summed E-state index contributed by atoms with van der Waals surface area (Å²) in [6.07, 6.45) is -0.519. The minimum absolute atomic E-state index is 0.0482. The van der Waals surface area contributed by atoms with Crippen molar-refractivity contribution in [3.63, 3.8) is 0 Å². The van der Waals surface area contributed by atoms with Crippen LogP contribution in [0.25, 0.3) is 0 Å². The molecule has 3 nitrogen and oxygen atoms in total. The summed E-state index contributed by atoms with van der Waals surface area (Å²) in [6, 6.07) is 15.9. The van der Waals surface area contributed by atoms with Crippen LogP contribution < -0.4 is 5.32 Å². The molecule has 3 N–H and O–H groups in total. The van der Waals surface area contributed by atoms with Crippen LogP contribution in [0.2, 0.25) is 0 Å². The first-order chi connectivity index (χ1) is 10.1. The van der Waals surface area contributed by atoms with E-state index in [9.17, 15) is 10.2 Å². The third-order valence-corrected chi connectivity index (χ3v) is 3.71. The molecule has 3 heteroatoms. The van der Waals surface area contributed by atoms with Crippen molar-refractivity contribution in [3.05, 3.63) is 70.8 Å². The number of aryl methyl sites for hydroxylation is 1. The van der Waals surface area contributed by atoms with Crippen LogP contribution in [-0.4, -0.2) is 16.8 Å². The van der Waals surface area contributed by atoms with Gasteiger partial charge in [-0.05, 0) is 30.5 Å². The topological polar surface area (TPSA) is 52.5 Å². The molecule has 0 aliphatic rings. The third-order valence-electron chi connectivity index (χ3n) is 3.71. The first kappa shape index (κ1) is 15.7. The van der Waals surface area contributed by atoms with Gasteiger partial charge >= 0.3 is 0 Å². The fourth-order valence-electron chi connectivity index (χ4n) is 2.27. The lowest BCUT2D eigenvalue weighted by molar-refractivity contribution is 0.171. The molecule has 0 saturated heterocycles. The minimum atomic E-state index is -0.519. The Bertz CT molecular complexity index is 566. The molecule has 0 radical (unpaired) electrons. The van der Waals surface area contributed by atoms with Crippen molar-refractivity contribution in [3.8, 4) is 0 Å². The molecule has 0 spiro atoms. The zero-order valence-electron chi connectivity index (χ0n) is 12.6. The van der Waals surface area contributed by atoms with Crippen molar-refractivity contribution < 1.29 is 10.2 Å². The van der Waals surface area contributed by atoms with E-state index in [0.29, 0.717) is 6.54 Å². The van der Waals surface area contributed by atoms with E-state index in [-0.39, 0.29) is 12.6 Å². The summed E-state index contributed by atoms with van der Waals surface area (Å²) in [6.45, 7) is 4.63. The van der Waals surface area contributed by atoms with E-state index in [0.717, 1.165) is 16.7 Å². The highest BCUT2D eigenvalue weighted by Crippen LogP contribution is 2.17. The molecule has 0 aliphatic heterocycles. The molecule has 0 heterocycles. The number of benzene rings is 2. The predicted molar refractivity (Wildman–Crippen MR) is 84.9 cm³/mol. The monoisotopic (exact) mass is 285 g/mol. The maximum atomic E-state index is 10.2. The number of hydrogen-bond acceptors (Lipinski definition) is 3. The van der Waals surface area contributed by atoms with E-state index in [2.05, 4.69) is 12.2 Å². The Morgan fingerprint density at radius 2 is 1.76 bits per heavy atom. The summed E-state index contributed by atoms with van der Waals surface area (Å²) in [5.74, 6) is 0.